The smallest absolute Gasteiger partial charge is 0.137 e. The van der Waals surface area contributed by atoms with Crippen LogP contribution < -0.4 is 10.1 Å². The fourth-order valence-electron chi connectivity index (χ4n) is 2.19. The first kappa shape index (κ1) is 13.7. The largest absolute Gasteiger partial charge is 0.495 e. The molecule has 0 saturated carbocycles. The molecule has 0 aromatic heterocycles. The molecule has 0 spiro atoms. The van der Waals surface area contributed by atoms with Crippen molar-refractivity contribution in [1.82, 2.24) is 5.32 Å². The zero-order valence-corrected chi connectivity index (χ0v) is 11.9. The van der Waals surface area contributed by atoms with Crippen molar-refractivity contribution in [2.24, 2.45) is 0 Å². The summed E-state index contributed by atoms with van der Waals surface area (Å²) >= 11 is 6.11. The van der Waals surface area contributed by atoms with E-state index in [0.29, 0.717) is 10.8 Å². The molecule has 2 atom stereocenters. The molecule has 1 fully saturated rings. The minimum Gasteiger partial charge on any atom is -0.495 e. The van der Waals surface area contributed by atoms with Crippen LogP contribution in [0.4, 0.5) is 0 Å². The third-order valence-corrected chi connectivity index (χ3v) is 4.09. The average molecular weight is 270 g/mol. The van der Waals surface area contributed by atoms with Gasteiger partial charge in [-0.2, -0.15) is 0 Å². The summed E-state index contributed by atoms with van der Waals surface area (Å²) in [7, 11) is 1.62. The number of nitrogens with one attached hydrogen (secondary N) is 1. The topological polar surface area (TPSA) is 30.5 Å². The number of halogens is 1. The Bertz CT molecular complexity index is 424. The number of methoxy groups -OCH3 is 1. The minimum absolute atomic E-state index is 0.0480. The lowest BCUT2D eigenvalue weighted by molar-refractivity contribution is 0.0881. The maximum atomic E-state index is 6.11. The van der Waals surface area contributed by atoms with Gasteiger partial charge in [-0.15, -0.1) is 0 Å². The van der Waals surface area contributed by atoms with Crippen LogP contribution in [0.2, 0.25) is 5.02 Å². The molecule has 1 aliphatic rings. The Morgan fingerprint density at radius 1 is 1.56 bits per heavy atom. The van der Waals surface area contributed by atoms with Gasteiger partial charge in [0.25, 0.3) is 0 Å². The van der Waals surface area contributed by atoms with Crippen LogP contribution >= 0.6 is 11.6 Å². The van der Waals surface area contributed by atoms with Crippen LogP contribution in [0.5, 0.6) is 5.75 Å². The summed E-state index contributed by atoms with van der Waals surface area (Å²) in [6.45, 7) is 5.93. The van der Waals surface area contributed by atoms with E-state index in [1.807, 2.05) is 18.2 Å². The van der Waals surface area contributed by atoms with Crippen LogP contribution in [0.3, 0.4) is 0 Å². The van der Waals surface area contributed by atoms with Crippen molar-refractivity contribution in [3.05, 3.63) is 28.8 Å². The standard InChI is InChI=1S/C14H20ClNO2/c1-10-14(2,6-7-18-10)16-9-11-4-5-13(17-3)12(15)8-11/h4-5,8,10,16H,6-7,9H2,1-3H3. The molecule has 2 rings (SSSR count). The van der Waals surface area contributed by atoms with E-state index >= 15 is 0 Å². The van der Waals surface area contributed by atoms with Gasteiger partial charge in [0.1, 0.15) is 5.75 Å². The highest BCUT2D eigenvalue weighted by Gasteiger charge is 2.36. The summed E-state index contributed by atoms with van der Waals surface area (Å²) in [6.07, 6.45) is 1.28. The predicted octanol–water partition coefficient (Wildman–Crippen LogP) is 3.01. The van der Waals surface area contributed by atoms with E-state index in [0.717, 1.165) is 25.1 Å². The summed E-state index contributed by atoms with van der Waals surface area (Å²) in [5, 5.41) is 4.21. The maximum Gasteiger partial charge on any atom is 0.137 e. The molecule has 3 nitrogen and oxygen atoms in total. The fraction of sp³-hybridized carbons (Fsp3) is 0.571. The second kappa shape index (κ2) is 5.47. The molecule has 1 aromatic rings. The number of benzene rings is 1. The molecule has 100 valence electrons. The van der Waals surface area contributed by atoms with E-state index in [2.05, 4.69) is 19.2 Å². The lowest BCUT2D eigenvalue weighted by Crippen LogP contribution is -2.47. The van der Waals surface area contributed by atoms with Gasteiger partial charge in [0, 0.05) is 18.7 Å². The Kier molecular flexibility index (Phi) is 4.15. The Morgan fingerprint density at radius 3 is 2.89 bits per heavy atom. The molecule has 18 heavy (non-hydrogen) atoms. The molecule has 0 bridgehead atoms. The monoisotopic (exact) mass is 269 g/mol. The van der Waals surface area contributed by atoms with Crippen LogP contribution in [0, 0.1) is 0 Å². The van der Waals surface area contributed by atoms with Crippen molar-refractivity contribution in [1.29, 1.82) is 0 Å². The molecule has 0 amide bonds. The third-order valence-electron chi connectivity index (χ3n) is 3.80. The van der Waals surface area contributed by atoms with E-state index in [9.17, 15) is 0 Å². The molecule has 1 N–H and O–H groups in total. The van der Waals surface area contributed by atoms with Crippen molar-refractivity contribution >= 4 is 11.6 Å². The van der Waals surface area contributed by atoms with Crippen LogP contribution in [-0.4, -0.2) is 25.4 Å². The van der Waals surface area contributed by atoms with Gasteiger partial charge in [-0.05, 0) is 38.0 Å². The molecule has 0 radical (unpaired) electrons. The lowest BCUT2D eigenvalue weighted by Gasteiger charge is -2.29. The Labute approximate surface area is 113 Å². The van der Waals surface area contributed by atoms with Crippen molar-refractivity contribution in [3.63, 3.8) is 0 Å². The average Bonchev–Trinajstić information content (AvgIpc) is 2.68. The SMILES string of the molecule is COc1ccc(CNC2(C)CCOC2C)cc1Cl. The van der Waals surface area contributed by atoms with Gasteiger partial charge in [0.2, 0.25) is 0 Å². The molecule has 2 unspecified atom stereocenters. The van der Waals surface area contributed by atoms with E-state index in [1.54, 1.807) is 7.11 Å². The number of hydrogen-bond donors (Lipinski definition) is 1. The molecule has 0 aliphatic carbocycles. The van der Waals surface area contributed by atoms with E-state index in [4.69, 9.17) is 21.1 Å². The first-order valence-corrected chi connectivity index (χ1v) is 6.62. The van der Waals surface area contributed by atoms with Gasteiger partial charge in [-0.3, -0.25) is 0 Å². The van der Waals surface area contributed by atoms with Gasteiger partial charge in [0.15, 0.2) is 0 Å². The summed E-state index contributed by atoms with van der Waals surface area (Å²) in [4.78, 5) is 0. The zero-order chi connectivity index (χ0) is 13.2. The maximum absolute atomic E-state index is 6.11. The van der Waals surface area contributed by atoms with Gasteiger partial charge in [0.05, 0.1) is 18.2 Å². The van der Waals surface area contributed by atoms with Crippen LogP contribution in [0.25, 0.3) is 0 Å². The molecule has 1 heterocycles. The summed E-state index contributed by atoms with van der Waals surface area (Å²) in [6, 6.07) is 5.87. The molecule has 1 aromatic carbocycles. The third kappa shape index (κ3) is 2.79. The summed E-state index contributed by atoms with van der Waals surface area (Å²) in [5.41, 5.74) is 1.20. The number of rotatable bonds is 4. The van der Waals surface area contributed by atoms with Crippen LogP contribution in [-0.2, 0) is 11.3 Å². The number of ether oxygens (including phenoxy) is 2. The van der Waals surface area contributed by atoms with Gasteiger partial charge >= 0.3 is 0 Å². The van der Waals surface area contributed by atoms with Gasteiger partial charge < -0.3 is 14.8 Å². The molecule has 4 heteroatoms. The van der Waals surface area contributed by atoms with Crippen LogP contribution in [0.1, 0.15) is 25.8 Å². The van der Waals surface area contributed by atoms with E-state index < -0.39 is 0 Å². The second-order valence-electron chi connectivity index (χ2n) is 5.00. The first-order valence-electron chi connectivity index (χ1n) is 6.24. The van der Waals surface area contributed by atoms with E-state index in [-0.39, 0.29) is 11.6 Å². The second-order valence-corrected chi connectivity index (χ2v) is 5.41. The highest BCUT2D eigenvalue weighted by molar-refractivity contribution is 6.32. The quantitative estimate of drug-likeness (QED) is 0.912. The zero-order valence-electron chi connectivity index (χ0n) is 11.1. The highest BCUT2D eigenvalue weighted by Crippen LogP contribution is 2.27. The first-order chi connectivity index (χ1) is 8.55. The van der Waals surface area contributed by atoms with Crippen molar-refractivity contribution in [3.8, 4) is 5.75 Å². The normalized spacial score (nSPS) is 27.4. The fourth-order valence-corrected chi connectivity index (χ4v) is 2.47. The Morgan fingerprint density at radius 2 is 2.33 bits per heavy atom. The van der Waals surface area contributed by atoms with Gasteiger partial charge in [-0.25, -0.2) is 0 Å². The Hall–Kier alpha value is -0.770. The van der Waals surface area contributed by atoms with Crippen molar-refractivity contribution in [2.45, 2.75) is 38.5 Å². The molecular weight excluding hydrogens is 250 g/mol. The van der Waals surface area contributed by atoms with E-state index in [1.165, 1.54) is 0 Å². The van der Waals surface area contributed by atoms with Gasteiger partial charge in [-0.1, -0.05) is 17.7 Å². The lowest BCUT2D eigenvalue weighted by atomic mass is 9.94. The van der Waals surface area contributed by atoms with Crippen molar-refractivity contribution < 1.29 is 9.47 Å². The molecular formula is C14H20ClNO2. The highest BCUT2D eigenvalue weighted by atomic mass is 35.5. The van der Waals surface area contributed by atoms with Crippen LogP contribution in [0.15, 0.2) is 18.2 Å². The molecule has 1 saturated heterocycles. The number of hydrogen-bond acceptors (Lipinski definition) is 3. The Balaban J connectivity index is 2.00. The molecule has 1 aliphatic heterocycles. The summed E-state index contributed by atoms with van der Waals surface area (Å²) in [5.74, 6) is 0.712. The van der Waals surface area contributed by atoms with Crippen molar-refractivity contribution in [2.75, 3.05) is 13.7 Å². The summed E-state index contributed by atoms with van der Waals surface area (Å²) < 4.78 is 10.8. The minimum atomic E-state index is 0.0480. The predicted molar refractivity (Wildman–Crippen MR) is 73.3 cm³/mol.